The maximum absolute atomic E-state index is 12.3. The molecule has 0 fully saturated rings. The maximum Gasteiger partial charge on any atom is 0.191 e. The fourth-order valence-electron chi connectivity index (χ4n) is 2.51. The van der Waals surface area contributed by atoms with Crippen LogP contribution in [0.4, 0.5) is 0 Å². The number of hydrogen-bond donors (Lipinski definition) is 2. The lowest BCUT2D eigenvalue weighted by Crippen LogP contribution is -2.39. The SMILES string of the molecule is CCNC(=NCCCc1ccccc1)NCCS(=O)(=O)c1ccccc1. The fourth-order valence-corrected chi connectivity index (χ4v) is 3.69. The molecule has 26 heavy (non-hydrogen) atoms. The van der Waals surface area contributed by atoms with Crippen LogP contribution < -0.4 is 10.6 Å². The van der Waals surface area contributed by atoms with E-state index < -0.39 is 9.84 Å². The van der Waals surface area contributed by atoms with Crippen molar-refractivity contribution in [1.82, 2.24) is 10.6 Å². The number of benzene rings is 2. The van der Waals surface area contributed by atoms with Crippen LogP contribution in [-0.4, -0.2) is 39.8 Å². The summed E-state index contributed by atoms with van der Waals surface area (Å²) in [4.78, 5) is 4.87. The van der Waals surface area contributed by atoms with Crippen molar-refractivity contribution < 1.29 is 8.42 Å². The van der Waals surface area contributed by atoms with Gasteiger partial charge >= 0.3 is 0 Å². The highest BCUT2D eigenvalue weighted by Crippen LogP contribution is 2.09. The summed E-state index contributed by atoms with van der Waals surface area (Å²) in [5, 5.41) is 6.26. The van der Waals surface area contributed by atoms with E-state index in [1.807, 2.05) is 31.2 Å². The Balaban J connectivity index is 1.80. The fraction of sp³-hybridized carbons (Fsp3) is 0.350. The second kappa shape index (κ2) is 10.6. The second-order valence-electron chi connectivity index (χ2n) is 5.91. The predicted octanol–water partition coefficient (Wildman–Crippen LogP) is 2.65. The van der Waals surface area contributed by atoms with Crippen LogP contribution >= 0.6 is 0 Å². The molecule has 0 saturated carbocycles. The van der Waals surface area contributed by atoms with Gasteiger partial charge < -0.3 is 10.6 Å². The first kappa shape index (κ1) is 20.0. The van der Waals surface area contributed by atoms with Crippen molar-refractivity contribution in [3.63, 3.8) is 0 Å². The van der Waals surface area contributed by atoms with Gasteiger partial charge in [0.25, 0.3) is 0 Å². The van der Waals surface area contributed by atoms with E-state index in [4.69, 9.17) is 0 Å². The number of aliphatic imine (C=N–C) groups is 1. The van der Waals surface area contributed by atoms with Gasteiger partial charge in [-0.15, -0.1) is 0 Å². The number of hydrogen-bond acceptors (Lipinski definition) is 3. The van der Waals surface area contributed by atoms with Crippen molar-refractivity contribution in [3.05, 3.63) is 66.2 Å². The third-order valence-corrected chi connectivity index (χ3v) is 5.58. The molecule has 0 aliphatic carbocycles. The third kappa shape index (κ3) is 6.88. The Morgan fingerprint density at radius 2 is 1.62 bits per heavy atom. The minimum absolute atomic E-state index is 0.0332. The van der Waals surface area contributed by atoms with E-state index in [0.717, 1.165) is 19.4 Å². The number of nitrogens with zero attached hydrogens (tertiary/aromatic N) is 1. The van der Waals surface area contributed by atoms with Crippen LogP contribution in [-0.2, 0) is 16.3 Å². The molecule has 2 rings (SSSR count). The van der Waals surface area contributed by atoms with Crippen LogP contribution in [0.1, 0.15) is 18.9 Å². The Labute approximate surface area is 156 Å². The number of sulfone groups is 1. The van der Waals surface area contributed by atoms with E-state index >= 15 is 0 Å². The van der Waals surface area contributed by atoms with Crippen LogP contribution in [0.25, 0.3) is 0 Å². The van der Waals surface area contributed by atoms with Crippen molar-refractivity contribution in [2.24, 2.45) is 4.99 Å². The minimum Gasteiger partial charge on any atom is -0.357 e. The molecule has 140 valence electrons. The van der Waals surface area contributed by atoms with Gasteiger partial charge in [-0.25, -0.2) is 8.42 Å². The predicted molar refractivity (Wildman–Crippen MR) is 107 cm³/mol. The Morgan fingerprint density at radius 1 is 0.962 bits per heavy atom. The molecule has 0 radical (unpaired) electrons. The lowest BCUT2D eigenvalue weighted by molar-refractivity contribution is 0.594. The lowest BCUT2D eigenvalue weighted by atomic mass is 10.1. The summed E-state index contributed by atoms with van der Waals surface area (Å²) in [7, 11) is -3.28. The van der Waals surface area contributed by atoms with Crippen molar-refractivity contribution in [1.29, 1.82) is 0 Å². The summed E-state index contributed by atoms with van der Waals surface area (Å²) in [5.74, 6) is 0.689. The van der Waals surface area contributed by atoms with E-state index in [1.54, 1.807) is 24.3 Å². The van der Waals surface area contributed by atoms with E-state index in [1.165, 1.54) is 5.56 Å². The van der Waals surface area contributed by atoms with Gasteiger partial charge in [0.1, 0.15) is 0 Å². The standard InChI is InChI=1S/C20H27N3O2S/c1-2-21-20(22-15-9-12-18-10-5-3-6-11-18)23-16-17-26(24,25)19-13-7-4-8-14-19/h3-8,10-11,13-14H,2,9,12,15-17H2,1H3,(H2,21,22,23). The molecule has 0 heterocycles. The average Bonchev–Trinajstić information content (AvgIpc) is 2.66. The normalized spacial score (nSPS) is 12.0. The van der Waals surface area contributed by atoms with Crippen LogP contribution in [0.5, 0.6) is 0 Å². The molecule has 0 aliphatic rings. The first-order chi connectivity index (χ1) is 12.6. The molecule has 0 saturated heterocycles. The van der Waals surface area contributed by atoms with Crippen LogP contribution in [0, 0.1) is 0 Å². The van der Waals surface area contributed by atoms with Crippen molar-refractivity contribution in [2.45, 2.75) is 24.7 Å². The van der Waals surface area contributed by atoms with E-state index in [-0.39, 0.29) is 5.75 Å². The summed E-state index contributed by atoms with van der Waals surface area (Å²) >= 11 is 0. The van der Waals surface area contributed by atoms with Gasteiger partial charge in [-0.3, -0.25) is 4.99 Å². The van der Waals surface area contributed by atoms with E-state index in [0.29, 0.717) is 23.9 Å². The molecule has 2 aromatic carbocycles. The van der Waals surface area contributed by atoms with Crippen LogP contribution in [0.2, 0.25) is 0 Å². The summed E-state index contributed by atoms with van der Waals surface area (Å²) in [5.41, 5.74) is 1.30. The number of aryl methyl sites for hydroxylation is 1. The maximum atomic E-state index is 12.3. The summed E-state index contributed by atoms with van der Waals surface area (Å²) in [6.07, 6.45) is 1.93. The van der Waals surface area contributed by atoms with Gasteiger partial charge in [-0.1, -0.05) is 48.5 Å². The van der Waals surface area contributed by atoms with Crippen molar-refractivity contribution >= 4 is 15.8 Å². The van der Waals surface area contributed by atoms with Gasteiger partial charge in [-0.05, 0) is 37.5 Å². The molecule has 2 N–H and O–H groups in total. The molecule has 0 atom stereocenters. The molecule has 0 aromatic heterocycles. The molecule has 5 nitrogen and oxygen atoms in total. The molecule has 0 bridgehead atoms. The third-order valence-electron chi connectivity index (χ3n) is 3.85. The molecular weight excluding hydrogens is 346 g/mol. The van der Waals surface area contributed by atoms with Crippen molar-refractivity contribution in [3.8, 4) is 0 Å². The largest absolute Gasteiger partial charge is 0.357 e. The quantitative estimate of drug-likeness (QED) is 0.403. The zero-order valence-electron chi connectivity index (χ0n) is 15.2. The summed E-state index contributed by atoms with van der Waals surface area (Å²) < 4.78 is 24.6. The smallest absolute Gasteiger partial charge is 0.191 e. The highest BCUT2D eigenvalue weighted by atomic mass is 32.2. The summed E-state index contributed by atoms with van der Waals surface area (Å²) in [6, 6.07) is 18.8. The Bertz CT molecular complexity index is 775. The molecular formula is C20H27N3O2S. The topological polar surface area (TPSA) is 70.6 Å². The van der Waals surface area contributed by atoms with Crippen LogP contribution in [0.15, 0.2) is 70.6 Å². The molecule has 0 unspecified atom stereocenters. The highest BCUT2D eigenvalue weighted by Gasteiger charge is 2.13. The minimum atomic E-state index is -3.28. The molecule has 0 amide bonds. The molecule has 6 heteroatoms. The highest BCUT2D eigenvalue weighted by molar-refractivity contribution is 7.91. The number of nitrogens with one attached hydrogen (secondary N) is 2. The van der Waals surface area contributed by atoms with Gasteiger partial charge in [0, 0.05) is 19.6 Å². The van der Waals surface area contributed by atoms with Crippen molar-refractivity contribution in [2.75, 3.05) is 25.4 Å². The van der Waals surface area contributed by atoms with Gasteiger partial charge in [-0.2, -0.15) is 0 Å². The number of guanidine groups is 1. The molecule has 0 spiro atoms. The Hall–Kier alpha value is -2.34. The first-order valence-electron chi connectivity index (χ1n) is 8.96. The first-order valence-corrected chi connectivity index (χ1v) is 10.6. The Morgan fingerprint density at radius 3 is 2.27 bits per heavy atom. The second-order valence-corrected chi connectivity index (χ2v) is 8.02. The summed E-state index contributed by atoms with van der Waals surface area (Å²) in [6.45, 7) is 3.73. The van der Waals surface area contributed by atoms with Gasteiger partial charge in [0.2, 0.25) is 0 Å². The average molecular weight is 374 g/mol. The zero-order valence-corrected chi connectivity index (χ0v) is 16.0. The number of rotatable bonds is 9. The lowest BCUT2D eigenvalue weighted by Gasteiger charge is -2.11. The zero-order chi connectivity index (χ0) is 18.7. The van der Waals surface area contributed by atoms with E-state index in [9.17, 15) is 8.42 Å². The monoisotopic (exact) mass is 373 g/mol. The molecule has 2 aromatic rings. The Kier molecular flexibility index (Phi) is 8.15. The van der Waals surface area contributed by atoms with Gasteiger partial charge in [0.05, 0.1) is 10.6 Å². The van der Waals surface area contributed by atoms with E-state index in [2.05, 4.69) is 27.8 Å². The van der Waals surface area contributed by atoms with Gasteiger partial charge in [0.15, 0.2) is 15.8 Å². The molecule has 0 aliphatic heterocycles. The van der Waals surface area contributed by atoms with Crippen LogP contribution in [0.3, 0.4) is 0 Å².